The molecule has 0 aliphatic heterocycles. The molecule has 2 aromatic heterocycles. The largest absolute Gasteiger partial charge is 0.298 e. The van der Waals surface area contributed by atoms with Crippen molar-refractivity contribution in [2.45, 2.75) is 0 Å². The van der Waals surface area contributed by atoms with Gasteiger partial charge in [-0.1, -0.05) is 0 Å². The van der Waals surface area contributed by atoms with Crippen LogP contribution in [-0.2, 0) is 0 Å². The second kappa shape index (κ2) is 2.57. The van der Waals surface area contributed by atoms with Crippen molar-refractivity contribution < 1.29 is 4.79 Å². The monoisotopic (exact) mass is 181 g/mol. The fourth-order valence-corrected chi connectivity index (χ4v) is 1.13. The number of rotatable bonds is 1. The molecule has 2 heterocycles. The molecule has 0 aliphatic carbocycles. The SMILES string of the molecule is O=Cc1ccn2nc(Cl)ncc12. The van der Waals surface area contributed by atoms with E-state index in [0.717, 1.165) is 6.29 Å². The average molecular weight is 182 g/mol. The van der Waals surface area contributed by atoms with Crippen LogP contribution in [0, 0.1) is 0 Å². The zero-order valence-electron chi connectivity index (χ0n) is 5.94. The Balaban J connectivity index is 2.81. The van der Waals surface area contributed by atoms with Gasteiger partial charge in [-0.25, -0.2) is 9.50 Å². The topological polar surface area (TPSA) is 47.3 Å². The van der Waals surface area contributed by atoms with Crippen molar-refractivity contribution in [1.29, 1.82) is 0 Å². The van der Waals surface area contributed by atoms with Crippen LogP contribution in [0.5, 0.6) is 0 Å². The molecule has 0 aromatic carbocycles. The van der Waals surface area contributed by atoms with Gasteiger partial charge in [-0.2, -0.15) is 0 Å². The summed E-state index contributed by atoms with van der Waals surface area (Å²) >= 11 is 5.54. The second-order valence-electron chi connectivity index (χ2n) is 2.25. The molecule has 12 heavy (non-hydrogen) atoms. The van der Waals surface area contributed by atoms with Crippen LogP contribution in [0.15, 0.2) is 18.5 Å². The number of halogens is 1. The number of hydrogen-bond acceptors (Lipinski definition) is 3. The molecule has 0 aliphatic rings. The molecule has 5 heteroatoms. The minimum absolute atomic E-state index is 0.163. The maximum atomic E-state index is 10.5. The lowest BCUT2D eigenvalue weighted by molar-refractivity contribution is 0.112. The third-order valence-electron chi connectivity index (χ3n) is 1.55. The summed E-state index contributed by atoms with van der Waals surface area (Å²) in [6, 6.07) is 1.66. The molecule has 0 saturated carbocycles. The van der Waals surface area contributed by atoms with Gasteiger partial charge in [-0.05, 0) is 17.7 Å². The number of nitrogens with zero attached hydrogens (tertiary/aromatic N) is 3. The van der Waals surface area contributed by atoms with Gasteiger partial charge in [0.2, 0.25) is 5.28 Å². The fourth-order valence-electron chi connectivity index (χ4n) is 0.999. The average Bonchev–Trinajstić information content (AvgIpc) is 2.46. The third kappa shape index (κ3) is 0.967. The van der Waals surface area contributed by atoms with Gasteiger partial charge < -0.3 is 0 Å². The van der Waals surface area contributed by atoms with Gasteiger partial charge in [0.1, 0.15) is 0 Å². The summed E-state index contributed by atoms with van der Waals surface area (Å²) in [5.41, 5.74) is 1.22. The van der Waals surface area contributed by atoms with Crippen LogP contribution in [0.3, 0.4) is 0 Å². The summed E-state index contributed by atoms with van der Waals surface area (Å²) < 4.78 is 1.51. The molecule has 0 bridgehead atoms. The molecule has 0 spiro atoms. The Morgan fingerprint density at radius 3 is 3.17 bits per heavy atom. The van der Waals surface area contributed by atoms with Crippen LogP contribution in [0.1, 0.15) is 10.4 Å². The van der Waals surface area contributed by atoms with Gasteiger partial charge in [-0.15, -0.1) is 5.10 Å². The highest BCUT2D eigenvalue weighted by molar-refractivity contribution is 6.28. The summed E-state index contributed by atoms with van der Waals surface area (Å²) in [6.45, 7) is 0. The standard InChI is InChI=1S/C7H4ClN3O/c8-7-9-3-6-5(4-12)1-2-11(6)10-7/h1-4H. The Morgan fingerprint density at radius 1 is 1.58 bits per heavy atom. The molecular formula is C7H4ClN3O. The first-order chi connectivity index (χ1) is 5.81. The van der Waals surface area contributed by atoms with Crippen molar-refractivity contribution in [1.82, 2.24) is 14.6 Å². The van der Waals surface area contributed by atoms with E-state index in [1.54, 1.807) is 12.3 Å². The van der Waals surface area contributed by atoms with E-state index >= 15 is 0 Å². The first kappa shape index (κ1) is 7.24. The highest BCUT2D eigenvalue weighted by atomic mass is 35.5. The molecule has 2 aromatic rings. The lowest BCUT2D eigenvalue weighted by Gasteiger charge is -1.92. The van der Waals surface area contributed by atoms with Gasteiger partial charge in [0.05, 0.1) is 11.7 Å². The van der Waals surface area contributed by atoms with Crippen LogP contribution in [0.2, 0.25) is 5.28 Å². The highest BCUT2D eigenvalue weighted by Crippen LogP contribution is 2.09. The molecule has 0 saturated heterocycles. The van der Waals surface area contributed by atoms with Crippen molar-refractivity contribution in [3.05, 3.63) is 29.3 Å². The lowest BCUT2D eigenvalue weighted by atomic mass is 10.3. The van der Waals surface area contributed by atoms with E-state index in [0.29, 0.717) is 11.1 Å². The Morgan fingerprint density at radius 2 is 2.42 bits per heavy atom. The van der Waals surface area contributed by atoms with E-state index in [2.05, 4.69) is 10.1 Å². The third-order valence-corrected chi connectivity index (χ3v) is 1.72. The van der Waals surface area contributed by atoms with Gasteiger partial charge >= 0.3 is 0 Å². The summed E-state index contributed by atoms with van der Waals surface area (Å²) in [5, 5.41) is 4.02. The quantitative estimate of drug-likeness (QED) is 0.621. The van der Waals surface area contributed by atoms with Crippen LogP contribution >= 0.6 is 11.6 Å². The Hall–Kier alpha value is -1.42. The minimum atomic E-state index is 0.163. The van der Waals surface area contributed by atoms with Crippen LogP contribution < -0.4 is 0 Å². The predicted octanol–water partition coefficient (Wildman–Crippen LogP) is 1.20. The predicted molar refractivity (Wildman–Crippen MR) is 43.4 cm³/mol. The summed E-state index contributed by atoms with van der Waals surface area (Å²) in [5.74, 6) is 0. The van der Waals surface area contributed by atoms with Gasteiger partial charge in [-0.3, -0.25) is 4.79 Å². The van der Waals surface area contributed by atoms with Crippen LogP contribution in [0.4, 0.5) is 0 Å². The molecule has 4 nitrogen and oxygen atoms in total. The van der Waals surface area contributed by atoms with E-state index in [1.165, 1.54) is 10.7 Å². The van der Waals surface area contributed by atoms with Crippen molar-refractivity contribution >= 4 is 23.4 Å². The second-order valence-corrected chi connectivity index (χ2v) is 2.58. The zero-order chi connectivity index (χ0) is 8.55. The molecule has 0 unspecified atom stereocenters. The van der Waals surface area contributed by atoms with Crippen LogP contribution in [-0.4, -0.2) is 20.9 Å². The van der Waals surface area contributed by atoms with E-state index in [1.807, 2.05) is 0 Å². The number of fused-ring (bicyclic) bond motifs is 1. The molecule has 0 atom stereocenters. The maximum absolute atomic E-state index is 10.5. The van der Waals surface area contributed by atoms with E-state index in [9.17, 15) is 4.79 Å². The smallest absolute Gasteiger partial charge is 0.241 e. The first-order valence-corrected chi connectivity index (χ1v) is 3.64. The molecule has 0 fully saturated rings. The normalized spacial score (nSPS) is 10.4. The van der Waals surface area contributed by atoms with Gasteiger partial charge in [0.15, 0.2) is 6.29 Å². The fraction of sp³-hybridized carbons (Fsp3) is 0. The zero-order valence-corrected chi connectivity index (χ0v) is 6.69. The molecule has 60 valence electrons. The van der Waals surface area contributed by atoms with E-state index < -0.39 is 0 Å². The van der Waals surface area contributed by atoms with E-state index in [4.69, 9.17) is 11.6 Å². The summed E-state index contributed by atoms with van der Waals surface area (Å²) in [7, 11) is 0. The van der Waals surface area contributed by atoms with Crippen molar-refractivity contribution in [2.24, 2.45) is 0 Å². The number of aromatic nitrogens is 3. The summed E-state index contributed by atoms with van der Waals surface area (Å²) in [4.78, 5) is 14.2. The van der Waals surface area contributed by atoms with E-state index in [-0.39, 0.29) is 5.28 Å². The minimum Gasteiger partial charge on any atom is -0.298 e. The lowest BCUT2D eigenvalue weighted by Crippen LogP contribution is -1.92. The molecule has 0 radical (unpaired) electrons. The van der Waals surface area contributed by atoms with Gasteiger partial charge in [0.25, 0.3) is 0 Å². The van der Waals surface area contributed by atoms with Crippen molar-refractivity contribution in [2.75, 3.05) is 0 Å². The van der Waals surface area contributed by atoms with Crippen molar-refractivity contribution in [3.8, 4) is 0 Å². The molecule has 0 N–H and O–H groups in total. The highest BCUT2D eigenvalue weighted by Gasteiger charge is 2.02. The first-order valence-electron chi connectivity index (χ1n) is 3.26. The maximum Gasteiger partial charge on any atom is 0.241 e. The van der Waals surface area contributed by atoms with Crippen LogP contribution in [0.25, 0.3) is 5.52 Å². The van der Waals surface area contributed by atoms with Gasteiger partial charge in [0, 0.05) is 11.8 Å². The number of carbonyl (C=O) groups is 1. The Kier molecular flexibility index (Phi) is 1.55. The Bertz CT molecular complexity index is 437. The molecule has 0 amide bonds. The summed E-state index contributed by atoms with van der Waals surface area (Å²) in [6.07, 6.45) is 3.93. The molecule has 2 rings (SSSR count). The number of aldehydes is 1. The Labute approximate surface area is 72.8 Å². The number of carbonyl (C=O) groups excluding carboxylic acids is 1. The number of hydrogen-bond donors (Lipinski definition) is 0. The molecular weight excluding hydrogens is 178 g/mol. The van der Waals surface area contributed by atoms with Crippen molar-refractivity contribution in [3.63, 3.8) is 0 Å².